The Hall–Kier alpha value is -1.04. The van der Waals surface area contributed by atoms with Gasteiger partial charge in [0.2, 0.25) is 5.89 Å². The van der Waals surface area contributed by atoms with E-state index in [1.165, 1.54) is 0 Å². The van der Waals surface area contributed by atoms with Gasteiger partial charge in [0.05, 0.1) is 5.75 Å². The van der Waals surface area contributed by atoms with E-state index in [0.29, 0.717) is 23.9 Å². The topological polar surface area (TPSA) is 76.2 Å². The predicted molar refractivity (Wildman–Crippen MR) is 70.5 cm³/mol. The predicted octanol–water partition coefficient (Wildman–Crippen LogP) is 2.75. The Labute approximate surface area is 111 Å². The molecule has 18 heavy (non-hydrogen) atoms. The molecular weight excluding hydrogens is 252 g/mol. The summed E-state index contributed by atoms with van der Waals surface area (Å²) in [5, 5.41) is 12.6. The molecule has 0 radical (unpaired) electrons. The monoisotopic (exact) mass is 272 g/mol. The Kier molecular flexibility index (Phi) is 5.19. The maximum atomic E-state index is 10.5. The van der Waals surface area contributed by atoms with Crippen molar-refractivity contribution < 1.29 is 14.4 Å². The number of thioether (sulfide) groups is 1. The van der Waals surface area contributed by atoms with Gasteiger partial charge in [-0.1, -0.05) is 32.9 Å². The Bertz CT molecular complexity index is 398. The zero-order chi connectivity index (χ0) is 13.8. The molecule has 0 aromatic carbocycles. The van der Waals surface area contributed by atoms with Gasteiger partial charge in [-0.25, -0.2) is 0 Å². The minimum absolute atomic E-state index is 0.00562. The lowest BCUT2D eigenvalue weighted by molar-refractivity contribution is -0.137. The minimum Gasteiger partial charge on any atom is -0.481 e. The fourth-order valence-electron chi connectivity index (χ4n) is 1.38. The molecule has 1 heterocycles. The normalized spacial score (nSPS) is 13.6. The van der Waals surface area contributed by atoms with Crippen LogP contribution >= 0.6 is 11.8 Å². The van der Waals surface area contributed by atoms with Crippen LogP contribution in [0, 0.1) is 5.92 Å². The van der Waals surface area contributed by atoms with E-state index < -0.39 is 5.97 Å². The first kappa shape index (κ1) is 15.0. The molecule has 6 heteroatoms. The van der Waals surface area contributed by atoms with Crippen molar-refractivity contribution in [3.63, 3.8) is 0 Å². The van der Waals surface area contributed by atoms with Crippen LogP contribution in [0.4, 0.5) is 0 Å². The minimum atomic E-state index is -0.800. The quantitative estimate of drug-likeness (QED) is 0.858. The van der Waals surface area contributed by atoms with Crippen molar-refractivity contribution in [3.05, 3.63) is 11.7 Å². The zero-order valence-electron chi connectivity index (χ0n) is 11.3. The van der Waals surface area contributed by atoms with E-state index in [1.54, 1.807) is 11.8 Å². The summed E-state index contributed by atoms with van der Waals surface area (Å²) in [4.78, 5) is 14.8. The molecule has 0 spiro atoms. The van der Waals surface area contributed by atoms with Crippen LogP contribution in [-0.4, -0.2) is 26.0 Å². The first-order chi connectivity index (χ1) is 8.26. The summed E-state index contributed by atoms with van der Waals surface area (Å²) in [6, 6.07) is 0. The fourth-order valence-corrected chi connectivity index (χ4v) is 2.06. The van der Waals surface area contributed by atoms with E-state index >= 15 is 0 Å². The largest absolute Gasteiger partial charge is 0.481 e. The van der Waals surface area contributed by atoms with Gasteiger partial charge < -0.3 is 9.63 Å². The van der Waals surface area contributed by atoms with Crippen molar-refractivity contribution >= 4 is 17.7 Å². The van der Waals surface area contributed by atoms with Gasteiger partial charge in [0, 0.05) is 17.6 Å². The number of hydrogen-bond acceptors (Lipinski definition) is 5. The van der Waals surface area contributed by atoms with Crippen molar-refractivity contribution in [2.75, 3.05) is 0 Å². The van der Waals surface area contributed by atoms with E-state index in [0.717, 1.165) is 0 Å². The standard InChI is InChI=1S/C12H20N2O3S/c1-8(6-11(15)16)5-10-13-9(14-17-10)7-18-12(2,3)4/h8H,5-7H2,1-4H3,(H,15,16). The van der Waals surface area contributed by atoms with Gasteiger partial charge in [0.1, 0.15) is 0 Å². The molecule has 0 bridgehead atoms. The summed E-state index contributed by atoms with van der Waals surface area (Å²) in [5.41, 5.74) is 0. The second-order valence-corrected chi connectivity index (χ2v) is 7.21. The van der Waals surface area contributed by atoms with Gasteiger partial charge >= 0.3 is 5.97 Å². The van der Waals surface area contributed by atoms with Crippen LogP contribution in [0.1, 0.15) is 45.8 Å². The highest BCUT2D eigenvalue weighted by Gasteiger charge is 2.16. The van der Waals surface area contributed by atoms with E-state index in [9.17, 15) is 4.79 Å². The van der Waals surface area contributed by atoms with Gasteiger partial charge in [0.15, 0.2) is 5.82 Å². The van der Waals surface area contributed by atoms with Crippen molar-refractivity contribution in [1.82, 2.24) is 10.1 Å². The van der Waals surface area contributed by atoms with E-state index in [2.05, 4.69) is 30.9 Å². The zero-order valence-corrected chi connectivity index (χ0v) is 12.1. The number of hydrogen-bond donors (Lipinski definition) is 1. The van der Waals surface area contributed by atoms with E-state index in [1.807, 2.05) is 6.92 Å². The molecule has 1 aromatic heterocycles. The molecule has 1 N–H and O–H groups in total. The third-order valence-electron chi connectivity index (χ3n) is 2.19. The number of carboxylic acid groups (broad SMARTS) is 1. The highest BCUT2D eigenvalue weighted by molar-refractivity contribution is 7.99. The molecule has 102 valence electrons. The van der Waals surface area contributed by atoms with Crippen molar-refractivity contribution in [3.8, 4) is 0 Å². The number of rotatable bonds is 6. The number of carbonyl (C=O) groups is 1. The average Bonchev–Trinajstić information content (AvgIpc) is 2.60. The van der Waals surface area contributed by atoms with Crippen molar-refractivity contribution in [2.45, 2.75) is 51.0 Å². The second kappa shape index (κ2) is 6.22. The molecule has 0 fully saturated rings. The van der Waals surface area contributed by atoms with Crippen LogP contribution in [0.2, 0.25) is 0 Å². The Morgan fingerprint density at radius 1 is 1.50 bits per heavy atom. The summed E-state index contributed by atoms with van der Waals surface area (Å²) >= 11 is 1.75. The second-order valence-electron chi connectivity index (χ2n) is 5.41. The lowest BCUT2D eigenvalue weighted by Gasteiger charge is -2.15. The number of aromatic nitrogens is 2. The lowest BCUT2D eigenvalue weighted by atomic mass is 10.0. The van der Waals surface area contributed by atoms with Crippen LogP contribution in [0.25, 0.3) is 0 Å². The maximum Gasteiger partial charge on any atom is 0.303 e. The summed E-state index contributed by atoms with van der Waals surface area (Å²) in [7, 11) is 0. The first-order valence-electron chi connectivity index (χ1n) is 5.93. The van der Waals surface area contributed by atoms with Gasteiger partial charge in [-0.05, 0) is 5.92 Å². The molecule has 0 aliphatic carbocycles. The average molecular weight is 272 g/mol. The van der Waals surface area contributed by atoms with Crippen LogP contribution in [0.5, 0.6) is 0 Å². The maximum absolute atomic E-state index is 10.5. The molecule has 1 atom stereocenters. The summed E-state index contributed by atoms with van der Waals surface area (Å²) < 4.78 is 5.28. The molecule has 1 unspecified atom stereocenters. The Morgan fingerprint density at radius 3 is 2.72 bits per heavy atom. The van der Waals surface area contributed by atoms with E-state index in [-0.39, 0.29) is 17.1 Å². The van der Waals surface area contributed by atoms with Gasteiger partial charge in [-0.3, -0.25) is 4.79 Å². The summed E-state index contributed by atoms with van der Waals surface area (Å²) in [5.74, 6) is 1.11. The molecule has 0 aliphatic heterocycles. The van der Waals surface area contributed by atoms with Crippen LogP contribution in [0.15, 0.2) is 4.52 Å². The van der Waals surface area contributed by atoms with Crippen LogP contribution in [-0.2, 0) is 17.0 Å². The fraction of sp³-hybridized carbons (Fsp3) is 0.750. The summed E-state index contributed by atoms with van der Waals surface area (Å²) in [6.07, 6.45) is 0.633. The SMILES string of the molecule is CC(CC(=O)O)Cc1nc(CSC(C)(C)C)no1. The van der Waals surface area contributed by atoms with Gasteiger partial charge in [0.25, 0.3) is 0 Å². The molecule has 0 saturated carbocycles. The third-order valence-corrected chi connectivity index (χ3v) is 3.46. The van der Waals surface area contributed by atoms with Crippen molar-refractivity contribution in [1.29, 1.82) is 0 Å². The van der Waals surface area contributed by atoms with Gasteiger partial charge in [-0.2, -0.15) is 4.98 Å². The smallest absolute Gasteiger partial charge is 0.303 e. The lowest BCUT2D eigenvalue weighted by Crippen LogP contribution is -2.08. The van der Waals surface area contributed by atoms with Crippen LogP contribution in [0.3, 0.4) is 0 Å². The number of carboxylic acids is 1. The van der Waals surface area contributed by atoms with E-state index in [4.69, 9.17) is 9.63 Å². The van der Waals surface area contributed by atoms with Gasteiger partial charge in [-0.15, -0.1) is 11.8 Å². The molecular formula is C12H20N2O3S. The summed E-state index contributed by atoms with van der Waals surface area (Å²) in [6.45, 7) is 8.26. The molecule has 0 aliphatic rings. The molecule has 5 nitrogen and oxygen atoms in total. The first-order valence-corrected chi connectivity index (χ1v) is 6.92. The Morgan fingerprint density at radius 2 is 2.17 bits per heavy atom. The van der Waals surface area contributed by atoms with Crippen molar-refractivity contribution in [2.24, 2.45) is 5.92 Å². The molecule has 0 amide bonds. The molecule has 1 aromatic rings. The molecule has 1 rings (SSSR count). The highest BCUT2D eigenvalue weighted by atomic mass is 32.2. The third kappa shape index (κ3) is 6.05. The number of nitrogens with zero attached hydrogens (tertiary/aromatic N) is 2. The highest BCUT2D eigenvalue weighted by Crippen LogP contribution is 2.26. The molecule has 0 saturated heterocycles. The van der Waals surface area contributed by atoms with Crippen LogP contribution < -0.4 is 0 Å². The number of aliphatic carboxylic acids is 1. The Balaban J connectivity index is 2.45.